The standard InChI is InChI=1S/C17H22N4O3S2/c1-13-17(14(2)19(3)18-13)26(23,24)21-10-8-20(9-11-21)16(22)7-6-15-5-4-12-25-15/h4-7,12H,8-11H2,1-3H3. The van der Waals surface area contributed by atoms with E-state index in [9.17, 15) is 13.2 Å². The van der Waals surface area contributed by atoms with Crippen LogP contribution in [0.3, 0.4) is 0 Å². The van der Waals surface area contributed by atoms with Gasteiger partial charge in [-0.15, -0.1) is 11.3 Å². The second-order valence-corrected chi connectivity index (χ2v) is 9.06. The van der Waals surface area contributed by atoms with Gasteiger partial charge in [-0.05, 0) is 31.4 Å². The predicted octanol–water partition coefficient (Wildman–Crippen LogP) is 1.64. The number of carbonyl (C=O) groups is 1. The van der Waals surface area contributed by atoms with Gasteiger partial charge >= 0.3 is 0 Å². The molecule has 2 aromatic heterocycles. The maximum absolute atomic E-state index is 13.0. The second-order valence-electron chi connectivity index (χ2n) is 6.20. The summed E-state index contributed by atoms with van der Waals surface area (Å²) in [6.07, 6.45) is 3.34. The SMILES string of the molecule is Cc1nn(C)c(C)c1S(=O)(=O)N1CCN(C(=O)C=Cc2cccs2)CC1. The number of piperazine rings is 1. The number of sulfonamides is 1. The Morgan fingerprint density at radius 3 is 2.46 bits per heavy atom. The summed E-state index contributed by atoms with van der Waals surface area (Å²) < 4.78 is 28.9. The molecule has 140 valence electrons. The van der Waals surface area contributed by atoms with E-state index in [2.05, 4.69) is 5.10 Å². The van der Waals surface area contributed by atoms with Gasteiger partial charge < -0.3 is 4.90 Å². The third-order valence-electron chi connectivity index (χ3n) is 4.52. The Hall–Kier alpha value is -1.97. The number of nitrogens with zero attached hydrogens (tertiary/aromatic N) is 4. The Balaban J connectivity index is 1.67. The summed E-state index contributed by atoms with van der Waals surface area (Å²) in [5.41, 5.74) is 1.13. The largest absolute Gasteiger partial charge is 0.337 e. The Kier molecular flexibility index (Phi) is 5.31. The highest BCUT2D eigenvalue weighted by Crippen LogP contribution is 2.24. The molecule has 7 nitrogen and oxygen atoms in total. The average Bonchev–Trinajstić information content (AvgIpc) is 3.21. The first-order valence-electron chi connectivity index (χ1n) is 8.31. The Morgan fingerprint density at radius 2 is 1.92 bits per heavy atom. The molecule has 0 aliphatic carbocycles. The molecule has 1 aliphatic heterocycles. The molecule has 1 aliphatic rings. The fraction of sp³-hybridized carbons (Fsp3) is 0.412. The molecule has 0 radical (unpaired) electrons. The highest BCUT2D eigenvalue weighted by atomic mass is 32.2. The van der Waals surface area contributed by atoms with E-state index in [0.29, 0.717) is 24.5 Å². The van der Waals surface area contributed by atoms with Gasteiger partial charge in [0, 0.05) is 44.2 Å². The van der Waals surface area contributed by atoms with Gasteiger partial charge in [0.15, 0.2) is 0 Å². The minimum absolute atomic E-state index is 0.0933. The van der Waals surface area contributed by atoms with Crippen LogP contribution in [0.4, 0.5) is 0 Å². The van der Waals surface area contributed by atoms with Crippen molar-refractivity contribution in [3.8, 4) is 0 Å². The number of carbonyl (C=O) groups excluding carboxylic acids is 1. The van der Waals surface area contributed by atoms with E-state index in [-0.39, 0.29) is 23.9 Å². The first-order valence-corrected chi connectivity index (χ1v) is 10.6. The summed E-state index contributed by atoms with van der Waals surface area (Å²) in [7, 11) is -1.87. The van der Waals surface area contributed by atoms with Crippen LogP contribution in [-0.2, 0) is 21.9 Å². The monoisotopic (exact) mass is 394 g/mol. The fourth-order valence-electron chi connectivity index (χ4n) is 3.05. The molecule has 9 heteroatoms. The quantitative estimate of drug-likeness (QED) is 0.739. The Labute approximate surface area is 157 Å². The van der Waals surface area contributed by atoms with Crippen LogP contribution in [0.1, 0.15) is 16.3 Å². The number of rotatable bonds is 4. The topological polar surface area (TPSA) is 75.5 Å². The molecule has 1 saturated heterocycles. The second kappa shape index (κ2) is 7.34. The average molecular weight is 395 g/mol. The predicted molar refractivity (Wildman–Crippen MR) is 101 cm³/mol. The minimum atomic E-state index is -3.60. The third kappa shape index (κ3) is 3.60. The van der Waals surface area contributed by atoms with Gasteiger partial charge in [-0.1, -0.05) is 6.07 Å². The zero-order valence-corrected chi connectivity index (χ0v) is 16.7. The number of aromatic nitrogens is 2. The van der Waals surface area contributed by atoms with Crippen molar-refractivity contribution < 1.29 is 13.2 Å². The fourth-order valence-corrected chi connectivity index (χ4v) is 5.49. The molecule has 0 aromatic carbocycles. The van der Waals surface area contributed by atoms with Crippen LogP contribution in [0.15, 0.2) is 28.5 Å². The van der Waals surface area contributed by atoms with E-state index >= 15 is 0 Å². The van der Waals surface area contributed by atoms with Gasteiger partial charge in [0.2, 0.25) is 15.9 Å². The van der Waals surface area contributed by atoms with Gasteiger partial charge in [0.25, 0.3) is 0 Å². The molecule has 3 rings (SSSR count). The normalized spacial score (nSPS) is 16.5. The zero-order chi connectivity index (χ0) is 18.9. The van der Waals surface area contributed by atoms with E-state index in [1.165, 1.54) is 4.31 Å². The lowest BCUT2D eigenvalue weighted by atomic mass is 10.3. The van der Waals surface area contributed by atoms with Crippen molar-refractivity contribution in [1.82, 2.24) is 19.0 Å². The summed E-state index contributed by atoms with van der Waals surface area (Å²) in [4.78, 5) is 15.3. The van der Waals surface area contributed by atoms with Gasteiger partial charge in [-0.2, -0.15) is 9.40 Å². The van der Waals surface area contributed by atoms with E-state index in [1.807, 2.05) is 17.5 Å². The molecule has 26 heavy (non-hydrogen) atoms. The molecule has 2 aromatic rings. The Morgan fingerprint density at radius 1 is 1.23 bits per heavy atom. The van der Waals surface area contributed by atoms with Crippen LogP contribution < -0.4 is 0 Å². The van der Waals surface area contributed by atoms with Gasteiger partial charge in [0.05, 0.1) is 11.4 Å². The minimum Gasteiger partial charge on any atom is -0.337 e. The van der Waals surface area contributed by atoms with Crippen LogP contribution in [0, 0.1) is 13.8 Å². The smallest absolute Gasteiger partial charge is 0.246 e. The van der Waals surface area contributed by atoms with E-state index in [4.69, 9.17) is 0 Å². The van der Waals surface area contributed by atoms with Crippen molar-refractivity contribution in [1.29, 1.82) is 0 Å². The Bertz CT molecular complexity index is 922. The molecular formula is C17H22N4O3S2. The lowest BCUT2D eigenvalue weighted by Crippen LogP contribution is -2.50. The summed E-state index contributed by atoms with van der Waals surface area (Å²) in [6, 6.07) is 3.87. The van der Waals surface area contributed by atoms with Gasteiger partial charge in [0.1, 0.15) is 4.90 Å². The first kappa shape index (κ1) is 18.8. The molecule has 0 unspecified atom stereocenters. The summed E-state index contributed by atoms with van der Waals surface area (Å²) in [5, 5.41) is 6.16. The van der Waals surface area contributed by atoms with Crippen LogP contribution in [0.5, 0.6) is 0 Å². The molecule has 0 N–H and O–H groups in total. The number of thiophene rings is 1. The van der Waals surface area contributed by atoms with E-state index < -0.39 is 10.0 Å². The summed E-state index contributed by atoms with van der Waals surface area (Å²) in [5.74, 6) is -0.0933. The maximum Gasteiger partial charge on any atom is 0.246 e. The van der Waals surface area contributed by atoms with Gasteiger partial charge in [-0.25, -0.2) is 8.42 Å². The lowest BCUT2D eigenvalue weighted by molar-refractivity contribution is -0.127. The van der Waals surface area contributed by atoms with E-state index in [1.54, 1.807) is 54.0 Å². The van der Waals surface area contributed by atoms with E-state index in [0.717, 1.165) is 4.88 Å². The van der Waals surface area contributed by atoms with Crippen molar-refractivity contribution in [3.63, 3.8) is 0 Å². The molecule has 3 heterocycles. The summed E-state index contributed by atoms with van der Waals surface area (Å²) >= 11 is 1.56. The highest BCUT2D eigenvalue weighted by molar-refractivity contribution is 7.89. The van der Waals surface area contributed by atoms with Crippen molar-refractivity contribution >= 4 is 33.3 Å². The number of hydrogen-bond acceptors (Lipinski definition) is 5. The molecule has 1 amide bonds. The van der Waals surface area contributed by atoms with Crippen LogP contribution in [0.25, 0.3) is 6.08 Å². The maximum atomic E-state index is 13.0. The first-order chi connectivity index (χ1) is 12.3. The molecule has 0 atom stereocenters. The number of hydrogen-bond donors (Lipinski definition) is 0. The molecular weight excluding hydrogens is 372 g/mol. The lowest BCUT2D eigenvalue weighted by Gasteiger charge is -2.33. The van der Waals surface area contributed by atoms with Crippen LogP contribution in [0.2, 0.25) is 0 Å². The zero-order valence-electron chi connectivity index (χ0n) is 15.0. The summed E-state index contributed by atoms with van der Waals surface area (Å²) in [6.45, 7) is 4.79. The van der Waals surface area contributed by atoms with Crippen molar-refractivity contribution in [2.75, 3.05) is 26.2 Å². The highest BCUT2D eigenvalue weighted by Gasteiger charge is 2.33. The van der Waals surface area contributed by atoms with Crippen LogP contribution in [-0.4, -0.2) is 59.5 Å². The van der Waals surface area contributed by atoms with Crippen molar-refractivity contribution in [2.45, 2.75) is 18.7 Å². The van der Waals surface area contributed by atoms with Crippen molar-refractivity contribution in [3.05, 3.63) is 39.9 Å². The van der Waals surface area contributed by atoms with Crippen LogP contribution >= 0.6 is 11.3 Å². The molecule has 0 spiro atoms. The van der Waals surface area contributed by atoms with Gasteiger partial charge in [-0.3, -0.25) is 9.48 Å². The molecule has 0 bridgehead atoms. The molecule has 0 saturated carbocycles. The number of aryl methyl sites for hydroxylation is 2. The number of amides is 1. The third-order valence-corrected chi connectivity index (χ3v) is 7.51. The molecule has 1 fully saturated rings. The van der Waals surface area contributed by atoms with Crippen molar-refractivity contribution in [2.24, 2.45) is 7.05 Å².